The predicted octanol–water partition coefficient (Wildman–Crippen LogP) is 3.21. The molecule has 59 heavy (non-hydrogen) atoms. The van der Waals surface area contributed by atoms with Gasteiger partial charge in [-0.25, -0.2) is 4.58 Å². The first-order chi connectivity index (χ1) is 28.6. The predicted molar refractivity (Wildman–Crippen MR) is 222 cm³/mol. The van der Waals surface area contributed by atoms with Crippen LogP contribution in [0.1, 0.15) is 17.3 Å². The minimum absolute atomic E-state index is 0.0621. The van der Waals surface area contributed by atoms with E-state index in [1.54, 1.807) is 12.1 Å². The van der Waals surface area contributed by atoms with E-state index in [1.165, 1.54) is 6.92 Å². The zero-order valence-corrected chi connectivity index (χ0v) is 34.8. The summed E-state index contributed by atoms with van der Waals surface area (Å²) in [5, 5.41) is 19.7. The number of amides is 1. The summed E-state index contributed by atoms with van der Waals surface area (Å²) >= 11 is 0. The number of anilines is 1. The third kappa shape index (κ3) is 18.1. The SMILES string of the molecule is CC(=O)NCCOCCOCCOCCOCCOCCOCCOCCN=[N+]=[N-].CN(C)c1ccc2c(-c3ccccc3C(=O)[O-])c3ccc(=[N+](C)C)cc-3oc2c1. The third-order valence-corrected chi connectivity index (χ3v) is 8.39. The van der Waals surface area contributed by atoms with Crippen molar-refractivity contribution < 1.29 is 52.3 Å². The molecule has 0 atom stereocenters. The van der Waals surface area contributed by atoms with Gasteiger partial charge in [0.25, 0.3) is 0 Å². The first kappa shape index (κ1) is 48.3. The zero-order chi connectivity index (χ0) is 42.7. The molecule has 2 aromatic rings. The van der Waals surface area contributed by atoms with Crippen LogP contribution in [0.4, 0.5) is 5.69 Å². The van der Waals surface area contributed by atoms with E-state index in [4.69, 9.17) is 43.1 Å². The lowest BCUT2D eigenvalue weighted by atomic mass is 9.90. The molecule has 17 heteroatoms. The van der Waals surface area contributed by atoms with Crippen molar-refractivity contribution in [3.8, 4) is 22.5 Å². The molecule has 0 unspecified atom stereocenters. The quantitative estimate of drug-likeness (QED) is 0.0230. The molecule has 0 bridgehead atoms. The average molecular weight is 823 g/mol. The Morgan fingerprint density at radius 2 is 1.29 bits per heavy atom. The molecule has 322 valence electrons. The number of rotatable bonds is 27. The van der Waals surface area contributed by atoms with E-state index in [2.05, 4.69) is 15.3 Å². The number of azide groups is 1. The van der Waals surface area contributed by atoms with E-state index in [0.29, 0.717) is 122 Å². The Hall–Kier alpha value is -5.10. The fraction of sp³-hybridized carbons (Fsp3) is 0.500. The summed E-state index contributed by atoms with van der Waals surface area (Å²) < 4.78 is 45.6. The number of carboxylic acid groups (broad SMARTS) is 1. The summed E-state index contributed by atoms with van der Waals surface area (Å²) in [6.07, 6.45) is 0. The molecule has 2 aromatic carbocycles. The maximum Gasteiger partial charge on any atom is 0.216 e. The normalized spacial score (nSPS) is 10.9. The summed E-state index contributed by atoms with van der Waals surface area (Å²) in [5.74, 6) is -0.562. The molecular formula is C42H58N6O11. The fourth-order valence-corrected chi connectivity index (χ4v) is 5.46. The van der Waals surface area contributed by atoms with Gasteiger partial charge in [-0.15, -0.1) is 0 Å². The standard InChI is InChI=1S/C24H22N2O3.C18H36N4O8/c1-25(2)15-9-11-19-21(13-15)29-22-14-16(26(3)4)10-12-20(22)23(19)17-7-5-6-8-18(17)24(27)28;1-18(23)20-2-4-24-6-8-26-10-12-28-14-16-30-17-15-29-13-11-27-9-7-25-5-3-21-22-19/h5-14H,1-4H3;2-17H2,1H3,(H,20,23). The number of hydrogen-bond donors (Lipinski definition) is 1. The smallest absolute Gasteiger partial charge is 0.216 e. The van der Waals surface area contributed by atoms with Gasteiger partial charge >= 0.3 is 0 Å². The van der Waals surface area contributed by atoms with Gasteiger partial charge in [0.2, 0.25) is 11.3 Å². The van der Waals surface area contributed by atoms with E-state index in [-0.39, 0.29) is 11.5 Å². The first-order valence-electron chi connectivity index (χ1n) is 19.4. The van der Waals surface area contributed by atoms with Crippen molar-refractivity contribution in [1.82, 2.24) is 9.89 Å². The highest BCUT2D eigenvalue weighted by atomic mass is 16.6. The fourth-order valence-electron chi connectivity index (χ4n) is 5.46. The van der Waals surface area contributed by atoms with Crippen LogP contribution in [-0.2, 0) is 38.0 Å². The second-order valence-electron chi connectivity index (χ2n) is 13.2. The van der Waals surface area contributed by atoms with Crippen LogP contribution >= 0.6 is 0 Å². The largest absolute Gasteiger partial charge is 0.545 e. The number of fused-ring (bicyclic) bond motifs is 2. The maximum absolute atomic E-state index is 11.8. The van der Waals surface area contributed by atoms with Gasteiger partial charge in [-0.3, -0.25) is 4.79 Å². The van der Waals surface area contributed by atoms with Gasteiger partial charge < -0.3 is 57.7 Å². The van der Waals surface area contributed by atoms with Crippen molar-refractivity contribution in [2.75, 3.05) is 139 Å². The van der Waals surface area contributed by atoms with Gasteiger partial charge in [0.05, 0.1) is 105 Å². The van der Waals surface area contributed by atoms with E-state index in [0.717, 1.165) is 27.6 Å². The highest BCUT2D eigenvalue weighted by Crippen LogP contribution is 2.41. The number of carbonyl (C=O) groups excluding carboxylic acids is 2. The highest BCUT2D eigenvalue weighted by molar-refractivity contribution is 6.07. The van der Waals surface area contributed by atoms with Crippen LogP contribution in [0.5, 0.6) is 0 Å². The molecule has 2 aliphatic rings. The molecule has 0 saturated carbocycles. The Bertz CT molecular complexity index is 1920. The van der Waals surface area contributed by atoms with Crippen LogP contribution in [0.25, 0.3) is 43.9 Å². The van der Waals surface area contributed by atoms with Gasteiger partial charge in [0, 0.05) is 78.9 Å². The lowest BCUT2D eigenvalue weighted by molar-refractivity contribution is -0.254. The van der Waals surface area contributed by atoms with Crippen molar-refractivity contribution in [3.63, 3.8) is 0 Å². The Kier molecular flexibility index (Phi) is 23.2. The third-order valence-electron chi connectivity index (χ3n) is 8.39. The van der Waals surface area contributed by atoms with E-state index >= 15 is 0 Å². The number of nitrogens with one attached hydrogen (secondary N) is 1. The number of carbonyl (C=O) groups is 2. The Labute approximate surface area is 345 Å². The molecule has 1 aliphatic heterocycles. The van der Waals surface area contributed by atoms with Gasteiger partial charge in [0.15, 0.2) is 0 Å². The van der Waals surface area contributed by atoms with Crippen molar-refractivity contribution in [2.24, 2.45) is 5.11 Å². The average Bonchev–Trinajstić information content (AvgIpc) is 3.22. The van der Waals surface area contributed by atoms with Gasteiger partial charge in [-0.05, 0) is 29.3 Å². The molecule has 1 heterocycles. The van der Waals surface area contributed by atoms with E-state index < -0.39 is 5.97 Å². The lowest BCUT2D eigenvalue weighted by Crippen LogP contribution is -2.25. The zero-order valence-electron chi connectivity index (χ0n) is 34.8. The van der Waals surface area contributed by atoms with Crippen LogP contribution in [0, 0.1) is 0 Å². The number of benzene rings is 3. The Morgan fingerprint density at radius 3 is 1.80 bits per heavy atom. The van der Waals surface area contributed by atoms with Crippen molar-refractivity contribution in [3.05, 3.63) is 82.0 Å². The number of hydrogen-bond acceptors (Lipinski definition) is 13. The van der Waals surface area contributed by atoms with Gasteiger partial charge in [-0.2, -0.15) is 0 Å². The number of carboxylic acids is 1. The molecule has 1 amide bonds. The van der Waals surface area contributed by atoms with Crippen molar-refractivity contribution in [2.45, 2.75) is 6.92 Å². The van der Waals surface area contributed by atoms with E-state index in [9.17, 15) is 14.7 Å². The summed E-state index contributed by atoms with van der Waals surface area (Å²) in [4.78, 5) is 27.1. The molecular weight excluding hydrogens is 764 g/mol. The minimum Gasteiger partial charge on any atom is -0.545 e. The van der Waals surface area contributed by atoms with Gasteiger partial charge in [0.1, 0.15) is 25.4 Å². The second-order valence-corrected chi connectivity index (χ2v) is 13.2. The molecule has 0 saturated heterocycles. The molecule has 0 spiro atoms. The van der Waals surface area contributed by atoms with Crippen LogP contribution in [0.15, 0.2) is 70.2 Å². The maximum atomic E-state index is 11.8. The van der Waals surface area contributed by atoms with Crippen molar-refractivity contribution >= 4 is 28.5 Å². The molecule has 1 N–H and O–H groups in total. The highest BCUT2D eigenvalue weighted by Gasteiger charge is 2.20. The number of nitrogens with zero attached hydrogens (tertiary/aromatic N) is 5. The summed E-state index contributed by atoms with van der Waals surface area (Å²) in [6, 6.07) is 18.9. The first-order valence-corrected chi connectivity index (χ1v) is 19.4. The topological polar surface area (TPSA) is 202 Å². The molecule has 0 aromatic heterocycles. The summed E-state index contributed by atoms with van der Waals surface area (Å²) in [6.45, 7) is 9.07. The monoisotopic (exact) mass is 822 g/mol. The molecule has 0 fully saturated rings. The minimum atomic E-state index is -1.20. The molecule has 1 aliphatic carbocycles. The van der Waals surface area contributed by atoms with Crippen LogP contribution in [0.2, 0.25) is 0 Å². The van der Waals surface area contributed by atoms with Crippen molar-refractivity contribution in [1.29, 1.82) is 0 Å². The van der Waals surface area contributed by atoms with E-state index in [1.807, 2.05) is 86.2 Å². The molecule has 4 rings (SSSR count). The Morgan fingerprint density at radius 1 is 0.746 bits per heavy atom. The molecule has 17 nitrogen and oxygen atoms in total. The number of aromatic carboxylic acids is 1. The lowest BCUT2D eigenvalue weighted by Gasteiger charge is -2.19. The molecule has 0 radical (unpaired) electrons. The van der Waals surface area contributed by atoms with Crippen LogP contribution in [-0.4, -0.2) is 146 Å². The summed E-state index contributed by atoms with van der Waals surface area (Å²) in [5.41, 5.74) is 12.3. The van der Waals surface area contributed by atoms with Crippen LogP contribution in [0.3, 0.4) is 0 Å². The number of ether oxygens (including phenoxy) is 7. The van der Waals surface area contributed by atoms with Gasteiger partial charge in [-0.1, -0.05) is 29.4 Å². The van der Waals surface area contributed by atoms with Crippen LogP contribution < -0.4 is 25.3 Å². The second kappa shape index (κ2) is 28.3. The summed E-state index contributed by atoms with van der Waals surface area (Å²) in [7, 11) is 7.88. The Balaban J connectivity index is 0.000000315.